The minimum absolute atomic E-state index is 0.0682. The SMILES string of the molecule is CC(C)(C=C(Cl)Cl)C(I)OCc1cccc(Oc2ccccc2)c1. The van der Waals surface area contributed by atoms with E-state index < -0.39 is 0 Å². The molecule has 0 amide bonds. The molecule has 1 unspecified atom stereocenters. The second-order valence-electron chi connectivity index (χ2n) is 5.94. The lowest BCUT2D eigenvalue weighted by atomic mass is 9.95. The Morgan fingerprint density at radius 3 is 2.42 bits per heavy atom. The van der Waals surface area contributed by atoms with E-state index in [4.69, 9.17) is 32.7 Å². The van der Waals surface area contributed by atoms with E-state index in [2.05, 4.69) is 22.6 Å². The van der Waals surface area contributed by atoms with Crippen molar-refractivity contribution in [1.82, 2.24) is 0 Å². The number of benzene rings is 2. The lowest BCUT2D eigenvalue weighted by Gasteiger charge is -2.27. The molecule has 2 aromatic rings. The number of hydrogen-bond acceptors (Lipinski definition) is 2. The summed E-state index contributed by atoms with van der Waals surface area (Å²) in [6.45, 7) is 4.55. The molecule has 2 rings (SSSR count). The Kier molecular flexibility index (Phi) is 7.41. The van der Waals surface area contributed by atoms with E-state index in [9.17, 15) is 0 Å². The van der Waals surface area contributed by atoms with Crippen LogP contribution in [0.3, 0.4) is 0 Å². The Labute approximate surface area is 166 Å². The summed E-state index contributed by atoms with van der Waals surface area (Å²) in [6, 6.07) is 17.6. The fourth-order valence-corrected chi connectivity index (χ4v) is 2.98. The zero-order valence-electron chi connectivity index (χ0n) is 13.5. The van der Waals surface area contributed by atoms with Crippen LogP contribution in [-0.4, -0.2) is 4.11 Å². The van der Waals surface area contributed by atoms with Crippen molar-refractivity contribution in [2.24, 2.45) is 5.41 Å². The van der Waals surface area contributed by atoms with Gasteiger partial charge in [-0.15, -0.1) is 0 Å². The van der Waals surface area contributed by atoms with Gasteiger partial charge in [-0.2, -0.15) is 0 Å². The van der Waals surface area contributed by atoms with Gasteiger partial charge in [-0.25, -0.2) is 0 Å². The van der Waals surface area contributed by atoms with E-state index in [1.165, 1.54) is 0 Å². The second kappa shape index (κ2) is 9.09. The summed E-state index contributed by atoms with van der Waals surface area (Å²) in [6.07, 6.45) is 1.79. The molecule has 0 aliphatic heterocycles. The predicted octanol–water partition coefficient (Wildman–Crippen LogP) is 7.10. The summed E-state index contributed by atoms with van der Waals surface area (Å²) < 4.78 is 12.0. The van der Waals surface area contributed by atoms with Crippen molar-refractivity contribution in [3.8, 4) is 11.5 Å². The third-order valence-corrected chi connectivity index (χ3v) is 5.52. The van der Waals surface area contributed by atoms with Crippen molar-refractivity contribution < 1.29 is 9.47 Å². The standard InChI is InChI=1S/C19H19Cl2IO2/c1-19(2,12-17(20)21)18(22)23-13-14-7-6-10-16(11-14)24-15-8-4-3-5-9-15/h3-12,18H,13H2,1-2H3. The van der Waals surface area contributed by atoms with Crippen LogP contribution in [0.4, 0.5) is 0 Å². The molecule has 0 N–H and O–H groups in total. The average Bonchev–Trinajstić information content (AvgIpc) is 2.52. The van der Waals surface area contributed by atoms with Gasteiger partial charge in [0.05, 0.1) is 6.61 Å². The Balaban J connectivity index is 1.98. The molecule has 5 heteroatoms. The normalized spacial score (nSPS) is 12.5. The van der Waals surface area contributed by atoms with Gasteiger partial charge in [-0.3, -0.25) is 0 Å². The van der Waals surface area contributed by atoms with E-state index >= 15 is 0 Å². The van der Waals surface area contributed by atoms with E-state index in [0.29, 0.717) is 6.61 Å². The van der Waals surface area contributed by atoms with Gasteiger partial charge in [0.1, 0.15) is 20.1 Å². The van der Waals surface area contributed by atoms with Crippen LogP contribution in [-0.2, 0) is 11.3 Å². The first-order valence-electron chi connectivity index (χ1n) is 7.48. The van der Waals surface area contributed by atoms with Crippen LogP contribution in [0, 0.1) is 5.41 Å². The molecule has 0 aromatic heterocycles. The molecule has 0 bridgehead atoms. The number of rotatable bonds is 7. The summed E-state index contributed by atoms with van der Waals surface area (Å²) >= 11 is 13.8. The van der Waals surface area contributed by atoms with Crippen molar-refractivity contribution in [2.75, 3.05) is 0 Å². The van der Waals surface area contributed by atoms with Gasteiger partial charge < -0.3 is 9.47 Å². The van der Waals surface area contributed by atoms with Crippen LogP contribution in [0.1, 0.15) is 19.4 Å². The van der Waals surface area contributed by atoms with Gasteiger partial charge in [0.25, 0.3) is 0 Å². The maximum atomic E-state index is 5.97. The Hall–Kier alpha value is -0.750. The van der Waals surface area contributed by atoms with Crippen LogP contribution in [0.25, 0.3) is 0 Å². The van der Waals surface area contributed by atoms with Gasteiger partial charge in [0.2, 0.25) is 0 Å². The number of halogens is 3. The van der Waals surface area contributed by atoms with Gasteiger partial charge >= 0.3 is 0 Å². The maximum Gasteiger partial charge on any atom is 0.127 e. The molecule has 0 fully saturated rings. The van der Waals surface area contributed by atoms with E-state index in [0.717, 1.165) is 17.1 Å². The Morgan fingerprint density at radius 2 is 1.75 bits per heavy atom. The molecule has 0 aliphatic rings. The maximum absolute atomic E-state index is 5.97. The van der Waals surface area contributed by atoms with Gasteiger partial charge in [0, 0.05) is 5.41 Å². The third-order valence-electron chi connectivity index (χ3n) is 3.34. The summed E-state index contributed by atoms with van der Waals surface area (Å²) in [5, 5.41) is 0. The van der Waals surface area contributed by atoms with Gasteiger partial charge in [0.15, 0.2) is 0 Å². The zero-order chi connectivity index (χ0) is 17.6. The van der Waals surface area contributed by atoms with Crippen molar-refractivity contribution in [1.29, 1.82) is 0 Å². The summed E-state index contributed by atoms with van der Waals surface area (Å²) in [5.74, 6) is 1.60. The van der Waals surface area contributed by atoms with Crippen molar-refractivity contribution >= 4 is 45.8 Å². The molecular weight excluding hydrogens is 458 g/mol. The van der Waals surface area contributed by atoms with Crippen molar-refractivity contribution in [3.05, 3.63) is 70.7 Å². The molecule has 0 saturated carbocycles. The smallest absolute Gasteiger partial charge is 0.127 e. The quantitative estimate of drug-likeness (QED) is 0.313. The minimum atomic E-state index is -0.266. The summed E-state index contributed by atoms with van der Waals surface area (Å²) in [5.41, 5.74) is 0.777. The first-order valence-corrected chi connectivity index (χ1v) is 9.48. The third kappa shape index (κ3) is 6.28. The van der Waals surface area contributed by atoms with Crippen molar-refractivity contribution in [2.45, 2.75) is 24.6 Å². The first kappa shape index (κ1) is 19.6. The largest absolute Gasteiger partial charge is 0.457 e. The van der Waals surface area contributed by atoms with Gasteiger partial charge in [-0.05, 0) is 35.9 Å². The number of para-hydroxylation sites is 1. The highest BCUT2D eigenvalue weighted by Crippen LogP contribution is 2.33. The molecule has 2 aromatic carbocycles. The first-order chi connectivity index (χ1) is 11.4. The topological polar surface area (TPSA) is 18.5 Å². The van der Waals surface area contributed by atoms with Crippen LogP contribution in [0.15, 0.2) is 65.2 Å². The Morgan fingerprint density at radius 1 is 1.08 bits per heavy atom. The zero-order valence-corrected chi connectivity index (χ0v) is 17.2. The number of hydrogen-bond donors (Lipinski definition) is 0. The fraction of sp³-hybridized carbons (Fsp3) is 0.263. The van der Waals surface area contributed by atoms with Crippen LogP contribution >= 0.6 is 45.8 Å². The highest BCUT2D eigenvalue weighted by molar-refractivity contribution is 14.1. The molecule has 24 heavy (non-hydrogen) atoms. The van der Waals surface area contributed by atoms with E-state index in [1.54, 1.807) is 6.08 Å². The molecule has 1 atom stereocenters. The van der Waals surface area contributed by atoms with Gasteiger partial charge in [-0.1, -0.05) is 90.0 Å². The lowest BCUT2D eigenvalue weighted by molar-refractivity contribution is 0.0565. The van der Waals surface area contributed by atoms with Crippen molar-refractivity contribution in [3.63, 3.8) is 0 Å². The fourth-order valence-electron chi connectivity index (χ4n) is 2.05. The summed E-state index contributed by atoms with van der Waals surface area (Å²) in [7, 11) is 0. The highest BCUT2D eigenvalue weighted by atomic mass is 127. The molecule has 0 aliphatic carbocycles. The lowest BCUT2D eigenvalue weighted by Crippen LogP contribution is -2.24. The van der Waals surface area contributed by atoms with Crippen LogP contribution in [0.5, 0.6) is 11.5 Å². The molecule has 0 radical (unpaired) electrons. The number of ether oxygens (including phenoxy) is 2. The Bertz CT molecular complexity index is 683. The predicted molar refractivity (Wildman–Crippen MR) is 109 cm³/mol. The summed E-state index contributed by atoms with van der Waals surface area (Å²) in [4.78, 5) is 0. The second-order valence-corrected chi connectivity index (χ2v) is 8.08. The van der Waals surface area contributed by atoms with Crippen LogP contribution < -0.4 is 4.74 Å². The molecule has 0 heterocycles. The monoisotopic (exact) mass is 476 g/mol. The van der Waals surface area contributed by atoms with E-state index in [-0.39, 0.29) is 14.0 Å². The molecule has 2 nitrogen and oxygen atoms in total. The minimum Gasteiger partial charge on any atom is -0.457 e. The number of alkyl halides is 1. The molecule has 0 spiro atoms. The van der Waals surface area contributed by atoms with E-state index in [1.807, 2.05) is 68.4 Å². The average molecular weight is 477 g/mol. The highest BCUT2D eigenvalue weighted by Gasteiger charge is 2.26. The molecule has 128 valence electrons. The van der Waals surface area contributed by atoms with Crippen LogP contribution in [0.2, 0.25) is 0 Å². The molecule has 0 saturated heterocycles. The molecular formula is C19H19Cl2IO2.